The number of rotatable bonds is 5. The minimum absolute atomic E-state index is 0.0424. The maximum Gasteiger partial charge on any atom is 0.318 e. The van der Waals surface area contributed by atoms with Crippen LogP contribution >= 0.6 is 0 Å². The molecule has 132 valence electrons. The Morgan fingerprint density at radius 2 is 1.96 bits per heavy atom. The highest BCUT2D eigenvalue weighted by Crippen LogP contribution is 2.18. The Labute approximate surface area is 143 Å². The molecule has 0 saturated carbocycles. The van der Waals surface area contributed by atoms with Gasteiger partial charge < -0.3 is 21.3 Å². The van der Waals surface area contributed by atoms with Crippen LogP contribution in [0.3, 0.4) is 0 Å². The molecule has 24 heavy (non-hydrogen) atoms. The Balaban J connectivity index is 1.84. The summed E-state index contributed by atoms with van der Waals surface area (Å²) >= 11 is 0. The van der Waals surface area contributed by atoms with Crippen LogP contribution in [-0.2, 0) is 17.8 Å². The predicted molar refractivity (Wildman–Crippen MR) is 94.4 cm³/mol. The van der Waals surface area contributed by atoms with Crippen molar-refractivity contribution in [1.82, 2.24) is 15.5 Å². The van der Waals surface area contributed by atoms with Crippen molar-refractivity contribution in [3.05, 3.63) is 35.4 Å². The molecule has 2 rings (SSSR count). The first-order valence-corrected chi connectivity index (χ1v) is 8.46. The number of hydrogen-bond donors (Lipinski definition) is 3. The van der Waals surface area contributed by atoms with Crippen LogP contribution in [0.4, 0.5) is 4.79 Å². The number of nitrogens with one attached hydrogen (secondary N) is 2. The number of urea groups is 1. The van der Waals surface area contributed by atoms with Gasteiger partial charge in [0.05, 0.1) is 12.1 Å². The molecule has 6 heteroatoms. The Morgan fingerprint density at radius 3 is 2.58 bits per heavy atom. The summed E-state index contributed by atoms with van der Waals surface area (Å²) in [6.07, 6.45) is 0.842. The van der Waals surface area contributed by atoms with Crippen molar-refractivity contribution in [1.29, 1.82) is 0 Å². The highest BCUT2D eigenvalue weighted by molar-refractivity contribution is 5.84. The first-order valence-electron chi connectivity index (χ1n) is 8.46. The van der Waals surface area contributed by atoms with Crippen LogP contribution in [0.25, 0.3) is 0 Å². The fraction of sp³-hybridized carbons (Fsp3) is 0.556. The number of benzene rings is 1. The Bertz CT molecular complexity index is 602. The van der Waals surface area contributed by atoms with Gasteiger partial charge in [0.25, 0.3) is 0 Å². The van der Waals surface area contributed by atoms with Crippen molar-refractivity contribution in [2.45, 2.75) is 39.3 Å². The number of hydrogen-bond acceptors (Lipinski definition) is 3. The standard InChI is InChI=1S/C18H28N4O2/c1-13(2)18(3,12-19)21-16(23)10-20-17(24)22-9-8-14-6-4-5-7-15(14)11-22/h4-7,13H,8-12,19H2,1-3H3,(H,20,24)(H,21,23). The molecule has 1 unspecified atom stereocenters. The van der Waals surface area contributed by atoms with E-state index in [9.17, 15) is 9.59 Å². The minimum Gasteiger partial charge on any atom is -0.348 e. The summed E-state index contributed by atoms with van der Waals surface area (Å²) in [5.41, 5.74) is 7.75. The van der Waals surface area contributed by atoms with Crippen molar-refractivity contribution < 1.29 is 9.59 Å². The fourth-order valence-electron chi connectivity index (χ4n) is 2.73. The van der Waals surface area contributed by atoms with E-state index in [2.05, 4.69) is 16.7 Å². The largest absolute Gasteiger partial charge is 0.348 e. The van der Waals surface area contributed by atoms with Crippen LogP contribution in [-0.4, -0.2) is 42.0 Å². The normalized spacial score (nSPS) is 16.3. The van der Waals surface area contributed by atoms with Crippen LogP contribution < -0.4 is 16.4 Å². The molecule has 0 saturated heterocycles. The Morgan fingerprint density at radius 1 is 1.29 bits per heavy atom. The maximum atomic E-state index is 12.3. The molecule has 1 aromatic carbocycles. The summed E-state index contributed by atoms with van der Waals surface area (Å²) in [4.78, 5) is 26.1. The highest BCUT2D eigenvalue weighted by Gasteiger charge is 2.28. The maximum absolute atomic E-state index is 12.3. The van der Waals surface area contributed by atoms with Gasteiger partial charge in [-0.05, 0) is 30.4 Å². The third-order valence-electron chi connectivity index (χ3n) is 4.94. The van der Waals surface area contributed by atoms with E-state index in [1.807, 2.05) is 39.0 Å². The van der Waals surface area contributed by atoms with Gasteiger partial charge in [0.15, 0.2) is 0 Å². The lowest BCUT2D eigenvalue weighted by Crippen LogP contribution is -2.57. The molecule has 1 atom stereocenters. The lowest BCUT2D eigenvalue weighted by atomic mass is 9.88. The van der Waals surface area contributed by atoms with Crippen molar-refractivity contribution in [3.63, 3.8) is 0 Å². The summed E-state index contributed by atoms with van der Waals surface area (Å²) < 4.78 is 0. The lowest BCUT2D eigenvalue weighted by Gasteiger charge is -2.34. The quantitative estimate of drug-likeness (QED) is 0.758. The van der Waals surface area contributed by atoms with Crippen LogP contribution in [0, 0.1) is 5.92 Å². The monoisotopic (exact) mass is 332 g/mol. The van der Waals surface area contributed by atoms with Gasteiger partial charge in [0.1, 0.15) is 0 Å². The average molecular weight is 332 g/mol. The number of amides is 3. The van der Waals surface area contributed by atoms with E-state index < -0.39 is 5.54 Å². The van der Waals surface area contributed by atoms with Crippen molar-refractivity contribution in [2.75, 3.05) is 19.6 Å². The number of carbonyl (C=O) groups excluding carboxylic acids is 2. The predicted octanol–water partition coefficient (Wildman–Crippen LogP) is 1.24. The number of nitrogens with zero attached hydrogens (tertiary/aromatic N) is 1. The van der Waals surface area contributed by atoms with Gasteiger partial charge in [-0.3, -0.25) is 4.79 Å². The summed E-state index contributed by atoms with van der Waals surface area (Å²) in [5, 5.41) is 5.62. The van der Waals surface area contributed by atoms with E-state index in [1.165, 1.54) is 11.1 Å². The molecule has 0 spiro atoms. The molecule has 0 radical (unpaired) electrons. The van der Waals surface area contributed by atoms with E-state index >= 15 is 0 Å². The van der Waals surface area contributed by atoms with E-state index in [1.54, 1.807) is 4.90 Å². The van der Waals surface area contributed by atoms with Crippen LogP contribution in [0.2, 0.25) is 0 Å². The third kappa shape index (κ3) is 4.26. The van der Waals surface area contributed by atoms with Crippen molar-refractivity contribution >= 4 is 11.9 Å². The number of fused-ring (bicyclic) bond motifs is 1. The summed E-state index contributed by atoms with van der Waals surface area (Å²) in [6.45, 7) is 7.49. The first kappa shape index (κ1) is 18.3. The van der Waals surface area contributed by atoms with Gasteiger partial charge in [-0.1, -0.05) is 38.1 Å². The number of nitrogens with two attached hydrogens (primary N) is 1. The van der Waals surface area contributed by atoms with Gasteiger partial charge in [-0.15, -0.1) is 0 Å². The molecule has 3 amide bonds. The molecular formula is C18H28N4O2. The second kappa shape index (κ2) is 7.66. The fourth-order valence-corrected chi connectivity index (χ4v) is 2.73. The van der Waals surface area contributed by atoms with Crippen LogP contribution in [0.5, 0.6) is 0 Å². The molecule has 1 aliphatic heterocycles. The first-order chi connectivity index (χ1) is 11.4. The Kier molecular flexibility index (Phi) is 5.83. The molecule has 0 bridgehead atoms. The molecule has 1 aliphatic rings. The zero-order valence-corrected chi connectivity index (χ0v) is 14.8. The van der Waals surface area contributed by atoms with Crippen LogP contribution in [0.1, 0.15) is 31.9 Å². The summed E-state index contributed by atoms with van der Waals surface area (Å²) in [7, 11) is 0. The minimum atomic E-state index is -0.466. The molecule has 0 aliphatic carbocycles. The summed E-state index contributed by atoms with van der Waals surface area (Å²) in [6, 6.07) is 7.92. The second-order valence-electron chi connectivity index (χ2n) is 6.92. The molecule has 0 fully saturated rings. The number of carbonyl (C=O) groups is 2. The molecule has 0 aromatic heterocycles. The van der Waals surface area contributed by atoms with Gasteiger partial charge in [-0.2, -0.15) is 0 Å². The average Bonchev–Trinajstić information content (AvgIpc) is 2.58. The molecular weight excluding hydrogens is 304 g/mol. The third-order valence-corrected chi connectivity index (χ3v) is 4.94. The highest BCUT2D eigenvalue weighted by atomic mass is 16.2. The molecule has 1 heterocycles. The van der Waals surface area contributed by atoms with E-state index in [0.29, 0.717) is 19.6 Å². The lowest BCUT2D eigenvalue weighted by molar-refractivity contribution is -0.122. The topological polar surface area (TPSA) is 87.5 Å². The van der Waals surface area contributed by atoms with Gasteiger partial charge in [0.2, 0.25) is 5.91 Å². The summed E-state index contributed by atoms with van der Waals surface area (Å²) in [5.74, 6) is -0.0110. The Hall–Kier alpha value is -2.08. The van der Waals surface area contributed by atoms with E-state index in [0.717, 1.165) is 6.42 Å². The SMILES string of the molecule is CC(C)C(C)(CN)NC(=O)CNC(=O)N1CCc2ccccc2C1. The molecule has 4 N–H and O–H groups in total. The zero-order valence-electron chi connectivity index (χ0n) is 14.8. The smallest absolute Gasteiger partial charge is 0.318 e. The van der Waals surface area contributed by atoms with Crippen molar-refractivity contribution in [3.8, 4) is 0 Å². The molecule has 1 aromatic rings. The van der Waals surface area contributed by atoms with Gasteiger partial charge in [-0.25, -0.2) is 4.79 Å². The van der Waals surface area contributed by atoms with Crippen LogP contribution in [0.15, 0.2) is 24.3 Å². The van der Waals surface area contributed by atoms with E-state index in [-0.39, 0.29) is 24.4 Å². The van der Waals surface area contributed by atoms with E-state index in [4.69, 9.17) is 5.73 Å². The second-order valence-corrected chi connectivity index (χ2v) is 6.92. The van der Waals surface area contributed by atoms with Gasteiger partial charge >= 0.3 is 6.03 Å². The molecule has 6 nitrogen and oxygen atoms in total. The zero-order chi connectivity index (χ0) is 17.7. The van der Waals surface area contributed by atoms with Gasteiger partial charge in [0, 0.05) is 19.6 Å². The van der Waals surface area contributed by atoms with Crippen molar-refractivity contribution in [2.24, 2.45) is 11.7 Å².